The molecule has 0 unspecified atom stereocenters. The minimum atomic E-state index is -0.363. The van der Waals surface area contributed by atoms with Crippen LogP contribution in [0.5, 0.6) is 11.5 Å². The fourth-order valence-corrected chi connectivity index (χ4v) is 3.01. The Balaban J connectivity index is 2.60. The minimum absolute atomic E-state index is 0.243. The van der Waals surface area contributed by atoms with Gasteiger partial charge in [-0.1, -0.05) is 70.2 Å². The molecule has 0 fully saturated rings. The molecule has 148 valence electrons. The van der Waals surface area contributed by atoms with Gasteiger partial charge in [-0.25, -0.2) is 0 Å². The lowest BCUT2D eigenvalue weighted by atomic mass is 9.94. The largest absolute Gasteiger partial charge is 0.422 e. The van der Waals surface area contributed by atoms with Crippen molar-refractivity contribution < 1.29 is 19.1 Å². The van der Waals surface area contributed by atoms with Crippen molar-refractivity contribution in [3.8, 4) is 11.5 Å². The Morgan fingerprint density at radius 3 is 2.00 bits per heavy atom. The summed E-state index contributed by atoms with van der Waals surface area (Å²) in [6, 6.07) is 11.8. The van der Waals surface area contributed by atoms with E-state index in [-0.39, 0.29) is 24.8 Å². The number of carbonyl (C=O) groups excluding carboxylic acids is 2. The molecule has 0 spiro atoms. The van der Waals surface area contributed by atoms with Crippen LogP contribution < -0.4 is 9.47 Å². The van der Waals surface area contributed by atoms with Crippen LogP contribution in [0.25, 0.3) is 12.2 Å². The number of ether oxygens (including phenoxy) is 2. The SMILES string of the molecule is CCC(=O)Oc1cc(/C=C/c2ccccc2)c(CC)c(CC)c1OC(=O)CC. The Bertz CT molecular complexity index is 851. The topological polar surface area (TPSA) is 52.6 Å². The molecule has 0 amide bonds. The summed E-state index contributed by atoms with van der Waals surface area (Å²) >= 11 is 0. The number of hydrogen-bond donors (Lipinski definition) is 0. The van der Waals surface area contributed by atoms with Gasteiger partial charge in [0.1, 0.15) is 0 Å². The first-order valence-corrected chi connectivity index (χ1v) is 9.87. The first kappa shape index (κ1) is 21.4. The highest BCUT2D eigenvalue weighted by Gasteiger charge is 2.21. The van der Waals surface area contributed by atoms with Gasteiger partial charge in [-0.15, -0.1) is 0 Å². The van der Waals surface area contributed by atoms with E-state index >= 15 is 0 Å². The normalized spacial score (nSPS) is 10.9. The first-order valence-electron chi connectivity index (χ1n) is 9.87. The summed E-state index contributed by atoms with van der Waals surface area (Å²) in [5.41, 5.74) is 4.03. The maximum absolute atomic E-state index is 12.0. The van der Waals surface area contributed by atoms with Crippen molar-refractivity contribution in [1.29, 1.82) is 0 Å². The van der Waals surface area contributed by atoms with Gasteiger partial charge >= 0.3 is 11.9 Å². The molecule has 0 atom stereocenters. The van der Waals surface area contributed by atoms with Crippen LogP contribution >= 0.6 is 0 Å². The van der Waals surface area contributed by atoms with Crippen molar-refractivity contribution in [1.82, 2.24) is 0 Å². The maximum atomic E-state index is 12.0. The van der Waals surface area contributed by atoms with Gasteiger partial charge in [-0.05, 0) is 35.6 Å². The molecule has 0 aliphatic carbocycles. The van der Waals surface area contributed by atoms with E-state index in [0.29, 0.717) is 17.9 Å². The highest BCUT2D eigenvalue weighted by atomic mass is 16.6. The molecule has 2 rings (SSSR count). The average Bonchev–Trinajstić information content (AvgIpc) is 2.73. The number of benzene rings is 2. The van der Waals surface area contributed by atoms with Crippen molar-refractivity contribution >= 4 is 24.1 Å². The second kappa shape index (κ2) is 10.5. The standard InChI is InChI=1S/C24H28O4/c1-5-19-18(15-14-17-12-10-9-11-13-17)16-21(27-22(25)7-3)24(20(19)6-2)28-23(26)8-4/h9-16H,5-8H2,1-4H3/b15-14+. The molecule has 0 bridgehead atoms. The molecule has 4 nitrogen and oxygen atoms in total. The molecule has 0 aromatic heterocycles. The van der Waals surface area contributed by atoms with E-state index < -0.39 is 0 Å². The minimum Gasteiger partial charge on any atom is -0.422 e. The van der Waals surface area contributed by atoms with Gasteiger partial charge in [-0.2, -0.15) is 0 Å². The molecule has 4 heteroatoms. The number of hydrogen-bond acceptors (Lipinski definition) is 4. The van der Waals surface area contributed by atoms with Crippen molar-refractivity contribution in [2.24, 2.45) is 0 Å². The molecule has 2 aromatic carbocycles. The molecular weight excluding hydrogens is 352 g/mol. The van der Waals surface area contributed by atoms with Crippen LogP contribution in [0.15, 0.2) is 36.4 Å². The van der Waals surface area contributed by atoms with Crippen LogP contribution in [0.1, 0.15) is 62.8 Å². The maximum Gasteiger partial charge on any atom is 0.311 e. The van der Waals surface area contributed by atoms with Crippen molar-refractivity contribution in [3.05, 3.63) is 58.7 Å². The van der Waals surface area contributed by atoms with E-state index in [2.05, 4.69) is 6.92 Å². The lowest BCUT2D eigenvalue weighted by molar-refractivity contribution is -0.136. The highest BCUT2D eigenvalue weighted by Crippen LogP contribution is 2.38. The van der Waals surface area contributed by atoms with Gasteiger partial charge in [0.05, 0.1) is 0 Å². The predicted octanol–water partition coefficient (Wildman–Crippen LogP) is 5.61. The number of esters is 2. The summed E-state index contributed by atoms with van der Waals surface area (Å²) in [7, 11) is 0. The molecule has 0 aliphatic rings. The molecule has 2 aromatic rings. The zero-order chi connectivity index (χ0) is 20.5. The van der Waals surface area contributed by atoms with E-state index in [1.54, 1.807) is 19.9 Å². The lowest BCUT2D eigenvalue weighted by Crippen LogP contribution is -2.13. The van der Waals surface area contributed by atoms with E-state index in [0.717, 1.165) is 28.7 Å². The molecule has 0 heterocycles. The zero-order valence-electron chi connectivity index (χ0n) is 17.1. The zero-order valence-corrected chi connectivity index (χ0v) is 17.1. The van der Waals surface area contributed by atoms with Crippen LogP contribution in [-0.4, -0.2) is 11.9 Å². The molecule has 0 radical (unpaired) electrons. The van der Waals surface area contributed by atoms with Crippen molar-refractivity contribution in [2.75, 3.05) is 0 Å². The van der Waals surface area contributed by atoms with Gasteiger partial charge in [0.15, 0.2) is 11.5 Å². The third-order valence-corrected chi connectivity index (χ3v) is 4.48. The van der Waals surface area contributed by atoms with Gasteiger partial charge in [0.2, 0.25) is 0 Å². The second-order valence-corrected chi connectivity index (χ2v) is 6.36. The Hall–Kier alpha value is -2.88. The Morgan fingerprint density at radius 2 is 1.43 bits per heavy atom. The summed E-state index contributed by atoms with van der Waals surface area (Å²) in [5, 5.41) is 0. The fourth-order valence-electron chi connectivity index (χ4n) is 3.01. The van der Waals surface area contributed by atoms with Crippen LogP contribution in [0, 0.1) is 0 Å². The predicted molar refractivity (Wildman–Crippen MR) is 112 cm³/mol. The Labute approximate surface area is 167 Å². The monoisotopic (exact) mass is 380 g/mol. The van der Waals surface area contributed by atoms with Crippen LogP contribution in [0.4, 0.5) is 0 Å². The molecule has 28 heavy (non-hydrogen) atoms. The van der Waals surface area contributed by atoms with Crippen LogP contribution in [-0.2, 0) is 22.4 Å². The first-order chi connectivity index (χ1) is 13.5. The summed E-state index contributed by atoms with van der Waals surface area (Å²) in [6.45, 7) is 7.55. The van der Waals surface area contributed by atoms with Crippen molar-refractivity contribution in [3.63, 3.8) is 0 Å². The molecule has 0 aliphatic heterocycles. The Morgan fingerprint density at radius 1 is 0.821 bits per heavy atom. The third kappa shape index (κ3) is 5.32. The third-order valence-electron chi connectivity index (χ3n) is 4.48. The highest BCUT2D eigenvalue weighted by molar-refractivity contribution is 5.80. The number of rotatable bonds is 8. The van der Waals surface area contributed by atoms with Gasteiger partial charge in [-0.3, -0.25) is 9.59 Å². The second-order valence-electron chi connectivity index (χ2n) is 6.36. The van der Waals surface area contributed by atoms with E-state index in [4.69, 9.17) is 9.47 Å². The molecule has 0 saturated carbocycles. The summed E-state index contributed by atoms with van der Waals surface area (Å²) in [4.78, 5) is 23.9. The molecule has 0 N–H and O–H groups in total. The smallest absolute Gasteiger partial charge is 0.311 e. The van der Waals surface area contributed by atoms with E-state index in [1.165, 1.54) is 0 Å². The molecule has 0 saturated heterocycles. The Kier molecular flexibility index (Phi) is 8.00. The van der Waals surface area contributed by atoms with E-state index in [1.807, 2.05) is 49.4 Å². The fraction of sp³-hybridized carbons (Fsp3) is 0.333. The average molecular weight is 380 g/mol. The van der Waals surface area contributed by atoms with Crippen molar-refractivity contribution in [2.45, 2.75) is 53.4 Å². The van der Waals surface area contributed by atoms with Crippen LogP contribution in [0.2, 0.25) is 0 Å². The van der Waals surface area contributed by atoms with Gasteiger partial charge in [0.25, 0.3) is 0 Å². The van der Waals surface area contributed by atoms with Gasteiger partial charge in [0, 0.05) is 18.4 Å². The number of carbonyl (C=O) groups is 2. The molecular formula is C24H28O4. The summed E-state index contributed by atoms with van der Waals surface area (Å²) in [6.07, 6.45) is 5.98. The van der Waals surface area contributed by atoms with E-state index in [9.17, 15) is 9.59 Å². The van der Waals surface area contributed by atoms with Gasteiger partial charge < -0.3 is 9.47 Å². The lowest BCUT2D eigenvalue weighted by Gasteiger charge is -2.19. The summed E-state index contributed by atoms with van der Waals surface area (Å²) < 4.78 is 11.1. The van der Waals surface area contributed by atoms with Crippen LogP contribution in [0.3, 0.4) is 0 Å². The summed E-state index contributed by atoms with van der Waals surface area (Å²) in [5.74, 6) is -0.0449. The quantitative estimate of drug-likeness (QED) is 0.339.